The van der Waals surface area contributed by atoms with Gasteiger partial charge in [-0.25, -0.2) is 32.9 Å². The summed E-state index contributed by atoms with van der Waals surface area (Å²) in [6.45, 7) is 7.41. The fourth-order valence-electron chi connectivity index (χ4n) is 8.22. The molecule has 0 unspecified atom stereocenters. The molecule has 5 aromatic heterocycles. The molecular weight excluding hydrogens is 1180 g/mol. The molecule has 0 aliphatic carbocycles. The van der Waals surface area contributed by atoms with Gasteiger partial charge in [-0.3, -0.25) is 24.5 Å². The van der Waals surface area contributed by atoms with Crippen molar-refractivity contribution in [2.24, 2.45) is 14.1 Å². The first-order chi connectivity index (χ1) is 40.8. The Morgan fingerprint density at radius 1 is 0.593 bits per heavy atom. The summed E-state index contributed by atoms with van der Waals surface area (Å²) in [7, 11) is 3.60. The predicted octanol–water partition coefficient (Wildman–Crippen LogP) is 13.9. The van der Waals surface area contributed by atoms with Crippen LogP contribution in [-0.2, 0) is 33.4 Å². The number of ketones is 1. The number of phenols is 1. The van der Waals surface area contributed by atoms with Gasteiger partial charge in [0.2, 0.25) is 5.43 Å². The number of carboxylic acids is 1. The van der Waals surface area contributed by atoms with E-state index in [4.69, 9.17) is 66.0 Å². The minimum atomic E-state index is -1.17. The van der Waals surface area contributed by atoms with Gasteiger partial charge in [0.15, 0.2) is 45.9 Å². The number of carbonyl (C=O) groups excluding carboxylic acids is 1. The number of fused-ring (bicyclic) bond motifs is 2. The number of aromatic carboxylic acids is 1. The van der Waals surface area contributed by atoms with Gasteiger partial charge in [0.1, 0.15) is 32.5 Å². The zero-order valence-corrected chi connectivity index (χ0v) is 49.0. The normalized spacial score (nSPS) is 10.5. The molecule has 10 rings (SSSR count). The lowest BCUT2D eigenvalue weighted by Crippen LogP contribution is -2.23. The molecule has 0 aliphatic rings. The van der Waals surface area contributed by atoms with Gasteiger partial charge >= 0.3 is 5.97 Å². The predicted molar refractivity (Wildman–Crippen MR) is 326 cm³/mol. The van der Waals surface area contributed by atoms with E-state index in [0.29, 0.717) is 50.6 Å². The first kappa shape index (κ1) is 65.3. The lowest BCUT2D eigenvalue weighted by molar-refractivity contribution is -0.384. The largest absolute Gasteiger partial charge is 0.505 e. The molecule has 0 bridgehead atoms. The van der Waals surface area contributed by atoms with Crippen molar-refractivity contribution in [2.75, 3.05) is 11.5 Å². The Hall–Kier alpha value is -9.83. The number of aryl methyl sites for hydroxylation is 4. The van der Waals surface area contributed by atoms with E-state index < -0.39 is 33.8 Å². The van der Waals surface area contributed by atoms with Gasteiger partial charge in [0, 0.05) is 103 Å². The quantitative estimate of drug-likeness (QED) is 0.0234. The first-order valence-electron chi connectivity index (χ1n) is 25.7. The zero-order chi connectivity index (χ0) is 63.1. The maximum Gasteiger partial charge on any atom is 0.341 e. The molecule has 0 saturated carbocycles. The fourth-order valence-corrected chi connectivity index (χ4v) is 8.72. The van der Waals surface area contributed by atoms with Crippen LogP contribution in [0.3, 0.4) is 0 Å². The average molecular weight is 1230 g/mol. The molecule has 24 heteroatoms. The highest BCUT2D eigenvalue weighted by atomic mass is 35.5. The molecule has 444 valence electrons. The zero-order valence-electron chi connectivity index (χ0n) is 46.7. The number of Topliss-reactive ketones (excluding diaryl/α,β-unsaturated/α-hetero) is 1. The van der Waals surface area contributed by atoms with Crippen molar-refractivity contribution < 1.29 is 47.4 Å². The molecule has 6 N–H and O–H groups in total. The standard InChI is InChI=1S/C26H22ClFN2O3.C14H15NO3.C11H8ClFN2O.C6H6FNO.C5H3ClN2O2/c1-4-16-5-7-21-19(11-16)26(32)25(15(2)30(21)3)22(31)13-17-6-8-23(20(28)12-17)33-18-9-10-29-24(27)14-18;1-4-9-5-6-11-10(7-9)13(16)12(14(17)18)8(2)15(11)3;12-11-6-8(3-4-15-11)16-10-2-1-7(14)5-9(10)13;7-5-3-4(8)1-2-6(5)9;6-5-3-4(8(9)10)1-2-7-5/h5-12,14H,4,13H2,1-3H3;5-7H,4H2,1-3H3,(H,17,18);1-6H,14H2;1-3,9H,8H2;1-3H. The number of rotatable bonds is 11. The number of carboxylic acid groups (broad SMARTS) is 1. The molecule has 5 aromatic carbocycles. The summed E-state index contributed by atoms with van der Waals surface area (Å²) >= 11 is 16.9. The van der Waals surface area contributed by atoms with E-state index in [1.807, 2.05) is 55.8 Å². The third kappa shape index (κ3) is 16.9. The number of nitrogens with zero attached hydrogens (tertiary/aromatic N) is 6. The van der Waals surface area contributed by atoms with E-state index >= 15 is 0 Å². The second-order valence-corrected chi connectivity index (χ2v) is 19.8. The monoisotopic (exact) mass is 1230 g/mol. The number of ether oxygens (including phenoxy) is 2. The second kappa shape index (κ2) is 29.6. The first-order valence-corrected chi connectivity index (χ1v) is 26.9. The van der Waals surface area contributed by atoms with Crippen LogP contribution < -0.4 is 31.8 Å². The van der Waals surface area contributed by atoms with Crippen molar-refractivity contribution in [3.8, 4) is 28.7 Å². The topological polar surface area (TPSA) is 271 Å². The number of nitrogen functional groups attached to an aromatic ring is 2. The summed E-state index contributed by atoms with van der Waals surface area (Å²) in [5.41, 5.74) is 15.6. The maximum atomic E-state index is 14.7. The fraction of sp³-hybridized carbons (Fsp3) is 0.145. The Bertz CT molecular complexity index is 4300. The van der Waals surface area contributed by atoms with Crippen molar-refractivity contribution in [1.29, 1.82) is 0 Å². The Kier molecular flexibility index (Phi) is 22.5. The smallest absolute Gasteiger partial charge is 0.341 e. The molecule has 18 nitrogen and oxygen atoms in total. The van der Waals surface area contributed by atoms with Gasteiger partial charge in [-0.1, -0.05) is 66.8 Å². The van der Waals surface area contributed by atoms with E-state index in [1.165, 1.54) is 79.3 Å². The highest BCUT2D eigenvalue weighted by Crippen LogP contribution is 2.29. The molecule has 0 saturated heterocycles. The van der Waals surface area contributed by atoms with Gasteiger partial charge in [-0.15, -0.1) is 0 Å². The van der Waals surface area contributed by atoms with E-state index in [0.717, 1.165) is 41.1 Å². The summed E-state index contributed by atoms with van der Waals surface area (Å²) in [5.74, 6) is -2.86. The minimum absolute atomic E-state index is 0.00152. The Labute approximate surface area is 504 Å². The minimum Gasteiger partial charge on any atom is -0.505 e. The van der Waals surface area contributed by atoms with E-state index in [-0.39, 0.29) is 67.2 Å². The van der Waals surface area contributed by atoms with Crippen LogP contribution in [0.2, 0.25) is 15.5 Å². The van der Waals surface area contributed by atoms with Crippen molar-refractivity contribution in [3.63, 3.8) is 0 Å². The van der Waals surface area contributed by atoms with Crippen molar-refractivity contribution in [1.82, 2.24) is 24.1 Å². The van der Waals surface area contributed by atoms with Gasteiger partial charge < -0.3 is 40.3 Å². The van der Waals surface area contributed by atoms with Crippen LogP contribution >= 0.6 is 34.8 Å². The van der Waals surface area contributed by atoms with Crippen LogP contribution in [-0.4, -0.2) is 51.0 Å². The van der Waals surface area contributed by atoms with E-state index in [2.05, 4.69) is 15.0 Å². The summed E-state index contributed by atoms with van der Waals surface area (Å²) < 4.78 is 54.7. The summed E-state index contributed by atoms with van der Waals surface area (Å²) in [4.78, 5) is 70.5. The van der Waals surface area contributed by atoms with Gasteiger partial charge in [-0.2, -0.15) is 0 Å². The summed E-state index contributed by atoms with van der Waals surface area (Å²) in [6.07, 6.45) is 5.73. The van der Waals surface area contributed by atoms with Gasteiger partial charge in [0.25, 0.3) is 5.69 Å². The van der Waals surface area contributed by atoms with Gasteiger partial charge in [0.05, 0.1) is 27.6 Å². The molecule has 86 heavy (non-hydrogen) atoms. The molecule has 0 aliphatic heterocycles. The number of pyridine rings is 5. The second-order valence-electron chi connectivity index (χ2n) is 18.6. The Morgan fingerprint density at radius 3 is 1.44 bits per heavy atom. The lowest BCUT2D eigenvalue weighted by Gasteiger charge is -2.15. The summed E-state index contributed by atoms with van der Waals surface area (Å²) in [6, 6.07) is 32.1. The number of aromatic hydroxyl groups is 1. The number of aromatic nitrogens is 5. The number of nitrogens with two attached hydrogens (primary N) is 2. The van der Waals surface area contributed by atoms with Crippen LogP contribution in [0.1, 0.15) is 62.6 Å². The molecule has 0 amide bonds. The van der Waals surface area contributed by atoms with Crippen LogP contribution in [0.25, 0.3) is 21.8 Å². The molecule has 10 aromatic rings. The Balaban J connectivity index is 0.000000188. The molecule has 0 spiro atoms. The number of phenolic OH excluding ortho intramolecular Hbond substituents is 1. The van der Waals surface area contributed by atoms with Crippen molar-refractivity contribution in [3.05, 3.63) is 249 Å². The summed E-state index contributed by atoms with van der Waals surface area (Å²) in [5, 5.41) is 29.5. The van der Waals surface area contributed by atoms with Crippen molar-refractivity contribution in [2.45, 2.75) is 47.0 Å². The Morgan fingerprint density at radius 2 is 1.02 bits per heavy atom. The van der Waals surface area contributed by atoms with Crippen LogP contribution in [0.5, 0.6) is 28.7 Å². The molecule has 5 heterocycles. The average Bonchev–Trinajstić information content (AvgIpc) is 1.13. The number of hydrogen-bond acceptors (Lipinski definition) is 14. The number of carbonyl (C=O) groups is 2. The molecular formula is C62H54Cl3F3N8O10. The highest BCUT2D eigenvalue weighted by molar-refractivity contribution is 6.30. The number of benzene rings is 5. The number of anilines is 2. The third-order valence-electron chi connectivity index (χ3n) is 12.9. The lowest BCUT2D eigenvalue weighted by atomic mass is 9.98. The molecule has 0 radical (unpaired) electrons. The van der Waals surface area contributed by atoms with Gasteiger partial charge in [-0.05, 0) is 116 Å². The SMILES string of the molecule is CCc1ccc2c(c1)c(=O)c(C(=O)Cc1ccc(Oc3ccnc(Cl)c3)c(F)c1)c(C)n2C.CCc1ccc2c(c1)c(=O)c(C(=O)O)c(C)n2C.Nc1ccc(O)c(F)c1.Nc1ccc(Oc2ccnc(Cl)c2)c(F)c1.O=[N+]([O-])c1ccnc(Cl)c1. The van der Waals surface area contributed by atoms with E-state index in [9.17, 15) is 42.5 Å². The number of hydrogen-bond donors (Lipinski definition) is 4. The van der Waals surface area contributed by atoms with Crippen LogP contribution in [0.4, 0.5) is 30.2 Å². The number of halogens is 6. The highest BCUT2D eigenvalue weighted by Gasteiger charge is 2.21. The maximum absolute atomic E-state index is 14.7. The molecule has 0 fully saturated rings. The van der Waals surface area contributed by atoms with E-state index in [1.54, 1.807) is 55.8 Å². The van der Waals surface area contributed by atoms with Crippen LogP contribution in [0, 0.1) is 41.4 Å². The third-order valence-corrected chi connectivity index (χ3v) is 13.5. The van der Waals surface area contributed by atoms with Crippen molar-refractivity contribution >= 4 is 85.4 Å². The number of nitro groups is 1. The van der Waals surface area contributed by atoms with Crippen LogP contribution in [0.15, 0.2) is 156 Å². The molecule has 0 atom stereocenters.